The number of nitrogens with one attached hydrogen (secondary N) is 3. The summed E-state index contributed by atoms with van der Waals surface area (Å²) in [7, 11) is 0. The molecule has 0 spiro atoms. The van der Waals surface area contributed by atoms with Crippen LogP contribution in [0.4, 0.5) is 0 Å². The van der Waals surface area contributed by atoms with Gasteiger partial charge in [-0.2, -0.15) is 0 Å². The van der Waals surface area contributed by atoms with Gasteiger partial charge < -0.3 is 20.9 Å². The van der Waals surface area contributed by atoms with E-state index in [1.165, 1.54) is 0 Å². The Hall–Kier alpha value is -1.34. The van der Waals surface area contributed by atoms with Crippen molar-refractivity contribution >= 4 is 30.1 Å². The Morgan fingerprint density at radius 2 is 1.83 bits per heavy atom. The molecule has 0 saturated carbocycles. The van der Waals surface area contributed by atoms with Crippen molar-refractivity contribution in [2.75, 3.05) is 26.2 Å². The largest absolute Gasteiger partial charge is 0.354 e. The highest BCUT2D eigenvalue weighted by Crippen LogP contribution is 2.19. The van der Waals surface area contributed by atoms with E-state index in [-0.39, 0.29) is 53.9 Å². The van der Waals surface area contributed by atoms with Gasteiger partial charge in [0, 0.05) is 26.1 Å². The predicted molar refractivity (Wildman–Crippen MR) is 117 cm³/mol. The molecule has 2 saturated heterocycles. The molecule has 7 nitrogen and oxygen atoms in total. The van der Waals surface area contributed by atoms with E-state index in [0.717, 1.165) is 38.8 Å². The van der Waals surface area contributed by atoms with E-state index < -0.39 is 6.04 Å². The fourth-order valence-corrected chi connectivity index (χ4v) is 4.02. The summed E-state index contributed by atoms with van der Waals surface area (Å²) in [6, 6.07) is -0.551. The zero-order valence-corrected chi connectivity index (χ0v) is 19.1. The first-order chi connectivity index (χ1) is 13.3. The molecule has 2 heterocycles. The average molecular weight is 431 g/mol. The smallest absolute Gasteiger partial charge is 0.245 e. The molecule has 168 valence electrons. The molecular weight excluding hydrogens is 392 g/mol. The summed E-state index contributed by atoms with van der Waals surface area (Å²) in [5, 5.41) is 9.20. The normalized spacial score (nSPS) is 22.9. The fraction of sp³-hybridized carbons (Fsp3) is 0.857. The van der Waals surface area contributed by atoms with E-state index >= 15 is 0 Å². The van der Waals surface area contributed by atoms with Crippen molar-refractivity contribution in [3.05, 3.63) is 0 Å². The SMILES string of the molecule is CC(C)CC(=O)NC(C(=O)N1CCCC(CNC(=O)C2CCCN2)C1)C(C)C.Cl. The third kappa shape index (κ3) is 8.13. The molecular formula is C21H39ClN4O3. The van der Waals surface area contributed by atoms with Gasteiger partial charge in [0.1, 0.15) is 6.04 Å². The lowest BCUT2D eigenvalue weighted by Gasteiger charge is -2.36. The van der Waals surface area contributed by atoms with Gasteiger partial charge >= 0.3 is 0 Å². The summed E-state index contributed by atoms with van der Waals surface area (Å²) < 4.78 is 0. The second kappa shape index (κ2) is 12.4. The minimum absolute atomic E-state index is 0. The number of piperidine rings is 1. The Kier molecular flexibility index (Phi) is 11.0. The summed E-state index contributed by atoms with van der Waals surface area (Å²) in [6.45, 7) is 10.8. The topological polar surface area (TPSA) is 90.5 Å². The minimum Gasteiger partial charge on any atom is -0.354 e. The number of likely N-dealkylation sites (tertiary alicyclic amines) is 1. The van der Waals surface area contributed by atoms with Crippen LogP contribution in [0.5, 0.6) is 0 Å². The zero-order valence-electron chi connectivity index (χ0n) is 18.3. The monoisotopic (exact) mass is 430 g/mol. The lowest BCUT2D eigenvalue weighted by atomic mass is 9.95. The highest BCUT2D eigenvalue weighted by molar-refractivity contribution is 5.88. The summed E-state index contributed by atoms with van der Waals surface area (Å²) in [5.74, 6) is 0.578. The van der Waals surface area contributed by atoms with E-state index in [0.29, 0.717) is 19.5 Å². The van der Waals surface area contributed by atoms with E-state index in [4.69, 9.17) is 0 Å². The number of carbonyl (C=O) groups is 3. The second-order valence-corrected chi connectivity index (χ2v) is 9.07. The molecule has 8 heteroatoms. The Bertz CT molecular complexity index is 550. The number of carbonyl (C=O) groups excluding carboxylic acids is 3. The van der Waals surface area contributed by atoms with Crippen molar-refractivity contribution < 1.29 is 14.4 Å². The van der Waals surface area contributed by atoms with Gasteiger partial charge in [0.15, 0.2) is 0 Å². The van der Waals surface area contributed by atoms with Crippen molar-refractivity contribution in [1.82, 2.24) is 20.9 Å². The molecule has 2 aliphatic rings. The van der Waals surface area contributed by atoms with Gasteiger partial charge in [-0.05, 0) is 50.0 Å². The Labute approximate surface area is 181 Å². The quantitative estimate of drug-likeness (QED) is 0.546. The first-order valence-electron chi connectivity index (χ1n) is 10.9. The fourth-order valence-electron chi connectivity index (χ4n) is 4.02. The molecule has 0 aromatic carbocycles. The molecule has 29 heavy (non-hydrogen) atoms. The van der Waals surface area contributed by atoms with Crippen LogP contribution < -0.4 is 16.0 Å². The summed E-state index contributed by atoms with van der Waals surface area (Å²) in [5.41, 5.74) is 0. The lowest BCUT2D eigenvalue weighted by molar-refractivity contribution is -0.139. The van der Waals surface area contributed by atoms with Gasteiger partial charge in [-0.15, -0.1) is 12.4 Å². The molecule has 3 unspecified atom stereocenters. The standard InChI is InChI=1S/C21H38N4O3.ClH/c1-14(2)11-18(26)24-19(15(3)4)21(28)25-10-6-7-16(13-25)12-23-20(27)17-8-5-9-22-17;/h14-17,19,22H,5-13H2,1-4H3,(H,23,27)(H,24,26);1H. The number of amides is 3. The van der Waals surface area contributed by atoms with Crippen LogP contribution in [0.1, 0.15) is 59.8 Å². The van der Waals surface area contributed by atoms with Crippen LogP contribution in [0.15, 0.2) is 0 Å². The first-order valence-corrected chi connectivity index (χ1v) is 10.9. The maximum absolute atomic E-state index is 13.1. The van der Waals surface area contributed by atoms with Gasteiger partial charge in [-0.3, -0.25) is 14.4 Å². The molecule has 2 rings (SSSR count). The Morgan fingerprint density at radius 3 is 2.41 bits per heavy atom. The van der Waals surface area contributed by atoms with E-state index in [1.807, 2.05) is 32.6 Å². The van der Waals surface area contributed by atoms with Crippen LogP contribution in [0, 0.1) is 17.8 Å². The lowest BCUT2D eigenvalue weighted by Crippen LogP contribution is -2.54. The van der Waals surface area contributed by atoms with Crippen molar-refractivity contribution in [3.63, 3.8) is 0 Å². The molecule has 2 aliphatic heterocycles. The molecule has 0 radical (unpaired) electrons. The molecule has 0 bridgehead atoms. The molecule has 0 aromatic rings. The van der Waals surface area contributed by atoms with Crippen LogP contribution in [0.2, 0.25) is 0 Å². The highest BCUT2D eigenvalue weighted by atomic mass is 35.5. The van der Waals surface area contributed by atoms with Gasteiger partial charge in [-0.25, -0.2) is 0 Å². The molecule has 0 aliphatic carbocycles. The first kappa shape index (κ1) is 25.7. The van der Waals surface area contributed by atoms with Crippen LogP contribution in [-0.4, -0.2) is 60.9 Å². The summed E-state index contributed by atoms with van der Waals surface area (Å²) in [6.07, 6.45) is 4.31. The maximum Gasteiger partial charge on any atom is 0.245 e. The Balaban J connectivity index is 0.00000420. The molecule has 2 fully saturated rings. The Morgan fingerprint density at radius 1 is 1.10 bits per heavy atom. The number of nitrogens with zero attached hydrogens (tertiary/aromatic N) is 1. The van der Waals surface area contributed by atoms with Gasteiger partial charge in [0.25, 0.3) is 0 Å². The molecule has 3 atom stereocenters. The highest BCUT2D eigenvalue weighted by Gasteiger charge is 2.32. The second-order valence-electron chi connectivity index (χ2n) is 9.07. The number of rotatable bonds is 8. The van der Waals surface area contributed by atoms with Crippen molar-refractivity contribution in [3.8, 4) is 0 Å². The van der Waals surface area contributed by atoms with Crippen LogP contribution in [-0.2, 0) is 14.4 Å². The number of hydrogen-bond acceptors (Lipinski definition) is 4. The molecule has 0 aromatic heterocycles. The van der Waals surface area contributed by atoms with E-state index in [2.05, 4.69) is 16.0 Å². The van der Waals surface area contributed by atoms with Crippen molar-refractivity contribution in [2.24, 2.45) is 17.8 Å². The van der Waals surface area contributed by atoms with Gasteiger partial charge in [0.05, 0.1) is 6.04 Å². The zero-order chi connectivity index (χ0) is 20.7. The van der Waals surface area contributed by atoms with Crippen molar-refractivity contribution in [1.29, 1.82) is 0 Å². The predicted octanol–water partition coefficient (Wildman–Crippen LogP) is 1.70. The van der Waals surface area contributed by atoms with E-state index in [9.17, 15) is 14.4 Å². The molecule has 3 N–H and O–H groups in total. The maximum atomic E-state index is 13.1. The van der Waals surface area contributed by atoms with Crippen LogP contribution in [0.25, 0.3) is 0 Å². The number of halogens is 1. The van der Waals surface area contributed by atoms with Gasteiger partial charge in [-0.1, -0.05) is 27.7 Å². The van der Waals surface area contributed by atoms with Gasteiger partial charge in [0.2, 0.25) is 17.7 Å². The third-order valence-corrected chi connectivity index (χ3v) is 5.62. The third-order valence-electron chi connectivity index (χ3n) is 5.62. The number of hydrogen-bond donors (Lipinski definition) is 3. The molecule has 3 amide bonds. The van der Waals surface area contributed by atoms with Crippen LogP contribution in [0.3, 0.4) is 0 Å². The van der Waals surface area contributed by atoms with Crippen LogP contribution >= 0.6 is 12.4 Å². The summed E-state index contributed by atoms with van der Waals surface area (Å²) >= 11 is 0. The summed E-state index contributed by atoms with van der Waals surface area (Å²) in [4.78, 5) is 39.3. The van der Waals surface area contributed by atoms with Crippen molar-refractivity contribution in [2.45, 2.75) is 71.9 Å². The minimum atomic E-state index is -0.484. The average Bonchev–Trinajstić information content (AvgIpc) is 3.18. The van der Waals surface area contributed by atoms with E-state index in [1.54, 1.807) is 0 Å².